The van der Waals surface area contributed by atoms with Crippen LogP contribution >= 0.6 is 0 Å². The van der Waals surface area contributed by atoms with Gasteiger partial charge in [0.05, 0.1) is 11.7 Å². The Bertz CT molecular complexity index is 827. The molecule has 3 aromatic rings. The Morgan fingerprint density at radius 1 is 1.45 bits per heavy atom. The number of carbonyl (C=O) groups is 1. The lowest BCUT2D eigenvalue weighted by molar-refractivity contribution is -0.116. The van der Waals surface area contributed by atoms with E-state index in [0.717, 1.165) is 5.56 Å². The van der Waals surface area contributed by atoms with Crippen LogP contribution in [0.15, 0.2) is 39.7 Å². The number of nitrogens with one attached hydrogen (secondary N) is 2. The van der Waals surface area contributed by atoms with E-state index in [2.05, 4.69) is 15.5 Å². The second-order valence-corrected chi connectivity index (χ2v) is 4.40. The third-order valence-electron chi connectivity index (χ3n) is 2.97. The third kappa shape index (κ3) is 2.09. The summed E-state index contributed by atoms with van der Waals surface area (Å²) in [5.74, 6) is -0.357. The molecule has 102 valence electrons. The standard InChI is InChI=1S/C13H12N4O3/c1-8-6-14-16-12(8)15-11(18)7-17-9-4-2-3-5-10(9)20-13(17)19/h2-6H,7H2,1H3,(H2,14,15,16,18). The predicted octanol–water partition coefficient (Wildman–Crippen LogP) is 1.26. The fourth-order valence-electron chi connectivity index (χ4n) is 1.96. The molecule has 20 heavy (non-hydrogen) atoms. The molecule has 0 radical (unpaired) electrons. The topological polar surface area (TPSA) is 92.9 Å². The fraction of sp³-hybridized carbons (Fsp3) is 0.154. The summed E-state index contributed by atoms with van der Waals surface area (Å²) >= 11 is 0. The number of hydrogen-bond acceptors (Lipinski definition) is 4. The number of aryl methyl sites for hydroxylation is 1. The second kappa shape index (κ2) is 4.69. The van der Waals surface area contributed by atoms with E-state index in [1.807, 2.05) is 6.92 Å². The second-order valence-electron chi connectivity index (χ2n) is 4.40. The number of anilines is 1. The maximum absolute atomic E-state index is 12.0. The van der Waals surface area contributed by atoms with E-state index >= 15 is 0 Å². The van der Waals surface area contributed by atoms with Gasteiger partial charge >= 0.3 is 5.76 Å². The molecular formula is C13H12N4O3. The summed E-state index contributed by atoms with van der Waals surface area (Å²) in [6.45, 7) is 1.70. The van der Waals surface area contributed by atoms with Crippen molar-refractivity contribution in [2.75, 3.05) is 5.32 Å². The molecule has 0 saturated heterocycles. The summed E-state index contributed by atoms with van der Waals surface area (Å²) in [7, 11) is 0. The van der Waals surface area contributed by atoms with Crippen molar-refractivity contribution in [3.8, 4) is 0 Å². The van der Waals surface area contributed by atoms with Gasteiger partial charge in [-0.2, -0.15) is 5.10 Å². The number of fused-ring (bicyclic) bond motifs is 1. The maximum atomic E-state index is 12.0. The molecule has 7 heteroatoms. The van der Waals surface area contributed by atoms with E-state index in [9.17, 15) is 9.59 Å². The molecular weight excluding hydrogens is 260 g/mol. The highest BCUT2D eigenvalue weighted by atomic mass is 16.4. The number of aromatic nitrogens is 3. The molecule has 1 amide bonds. The molecule has 0 spiro atoms. The van der Waals surface area contributed by atoms with Crippen molar-refractivity contribution in [3.05, 3.63) is 46.6 Å². The Hall–Kier alpha value is -2.83. The van der Waals surface area contributed by atoms with Crippen LogP contribution in [0.2, 0.25) is 0 Å². The molecule has 2 aromatic heterocycles. The molecule has 1 aromatic carbocycles. The number of rotatable bonds is 3. The lowest BCUT2D eigenvalue weighted by Crippen LogP contribution is -2.25. The SMILES string of the molecule is Cc1cn[nH]c1NC(=O)Cn1c(=O)oc2ccccc21. The molecule has 0 fully saturated rings. The molecule has 0 unspecified atom stereocenters. The molecule has 0 bridgehead atoms. The van der Waals surface area contributed by atoms with E-state index in [1.165, 1.54) is 4.57 Å². The number of benzene rings is 1. The zero-order valence-electron chi connectivity index (χ0n) is 10.7. The third-order valence-corrected chi connectivity index (χ3v) is 2.97. The van der Waals surface area contributed by atoms with Gasteiger partial charge in [-0.1, -0.05) is 12.1 Å². The minimum Gasteiger partial charge on any atom is -0.408 e. The van der Waals surface area contributed by atoms with Gasteiger partial charge in [0.15, 0.2) is 5.58 Å². The highest BCUT2D eigenvalue weighted by Crippen LogP contribution is 2.12. The lowest BCUT2D eigenvalue weighted by atomic mass is 10.3. The molecule has 2 N–H and O–H groups in total. The normalized spacial score (nSPS) is 10.8. The van der Waals surface area contributed by atoms with Crippen LogP contribution in [0, 0.1) is 6.92 Å². The van der Waals surface area contributed by atoms with Gasteiger partial charge < -0.3 is 9.73 Å². The van der Waals surface area contributed by atoms with Crippen LogP contribution in [-0.4, -0.2) is 20.7 Å². The first-order valence-corrected chi connectivity index (χ1v) is 6.03. The van der Waals surface area contributed by atoms with Crippen LogP contribution < -0.4 is 11.1 Å². The van der Waals surface area contributed by atoms with Crippen molar-refractivity contribution in [1.82, 2.24) is 14.8 Å². The first kappa shape index (κ1) is 12.2. The summed E-state index contributed by atoms with van der Waals surface area (Å²) in [6, 6.07) is 6.97. The largest absolute Gasteiger partial charge is 0.420 e. The van der Waals surface area contributed by atoms with Crippen molar-refractivity contribution >= 4 is 22.8 Å². The van der Waals surface area contributed by atoms with Gasteiger partial charge in [-0.05, 0) is 19.1 Å². The van der Waals surface area contributed by atoms with E-state index in [4.69, 9.17) is 4.42 Å². The smallest absolute Gasteiger partial charge is 0.408 e. The van der Waals surface area contributed by atoms with Crippen LogP contribution in [0.1, 0.15) is 5.56 Å². The average Bonchev–Trinajstić information content (AvgIpc) is 2.95. The number of hydrogen-bond donors (Lipinski definition) is 2. The number of amides is 1. The van der Waals surface area contributed by atoms with E-state index in [0.29, 0.717) is 16.9 Å². The molecule has 7 nitrogen and oxygen atoms in total. The van der Waals surface area contributed by atoms with Crippen LogP contribution in [-0.2, 0) is 11.3 Å². The van der Waals surface area contributed by atoms with E-state index in [-0.39, 0.29) is 12.5 Å². The Balaban J connectivity index is 1.86. The summed E-state index contributed by atoms with van der Waals surface area (Å²) in [5, 5.41) is 9.15. The summed E-state index contributed by atoms with van der Waals surface area (Å²) in [4.78, 5) is 23.7. The molecule has 2 heterocycles. The molecule has 3 rings (SSSR count). The van der Waals surface area contributed by atoms with Crippen LogP contribution in [0.5, 0.6) is 0 Å². The van der Waals surface area contributed by atoms with Crippen molar-refractivity contribution in [2.45, 2.75) is 13.5 Å². The lowest BCUT2D eigenvalue weighted by Gasteiger charge is -2.04. The molecule has 0 aliphatic heterocycles. The van der Waals surface area contributed by atoms with Crippen LogP contribution in [0.25, 0.3) is 11.1 Å². The summed E-state index contributed by atoms with van der Waals surface area (Å²) in [5.41, 5.74) is 1.87. The predicted molar refractivity (Wildman–Crippen MR) is 72.4 cm³/mol. The Kier molecular flexibility index (Phi) is 2.86. The van der Waals surface area contributed by atoms with Gasteiger partial charge in [0.2, 0.25) is 5.91 Å². The summed E-state index contributed by atoms with van der Waals surface area (Å²) in [6.07, 6.45) is 1.61. The number of aromatic amines is 1. The number of carbonyl (C=O) groups excluding carboxylic acids is 1. The fourth-order valence-corrected chi connectivity index (χ4v) is 1.96. The zero-order chi connectivity index (χ0) is 14.1. The first-order valence-electron chi connectivity index (χ1n) is 6.03. The van der Waals surface area contributed by atoms with Gasteiger partial charge in [0.25, 0.3) is 0 Å². The molecule has 0 atom stereocenters. The summed E-state index contributed by atoms with van der Waals surface area (Å²) < 4.78 is 6.35. The van der Waals surface area contributed by atoms with Gasteiger partial charge in [0.1, 0.15) is 12.4 Å². The minimum absolute atomic E-state index is 0.117. The Morgan fingerprint density at radius 3 is 3.00 bits per heavy atom. The van der Waals surface area contributed by atoms with Crippen LogP contribution in [0.4, 0.5) is 5.82 Å². The number of oxazole rings is 1. The van der Waals surface area contributed by atoms with Crippen molar-refractivity contribution < 1.29 is 9.21 Å². The number of nitrogens with zero attached hydrogens (tertiary/aromatic N) is 2. The molecule has 0 aliphatic rings. The average molecular weight is 272 g/mol. The Morgan fingerprint density at radius 2 is 2.25 bits per heavy atom. The van der Waals surface area contributed by atoms with Gasteiger partial charge in [-0.15, -0.1) is 0 Å². The van der Waals surface area contributed by atoms with Gasteiger partial charge in [-0.25, -0.2) is 4.79 Å². The monoisotopic (exact) mass is 272 g/mol. The van der Waals surface area contributed by atoms with E-state index in [1.54, 1.807) is 30.5 Å². The van der Waals surface area contributed by atoms with E-state index < -0.39 is 5.76 Å². The number of H-pyrrole nitrogens is 1. The minimum atomic E-state index is -0.553. The van der Waals surface area contributed by atoms with Gasteiger partial charge in [0, 0.05) is 5.56 Å². The molecule has 0 aliphatic carbocycles. The highest BCUT2D eigenvalue weighted by Gasteiger charge is 2.13. The molecule has 0 saturated carbocycles. The number of para-hydroxylation sites is 2. The van der Waals surface area contributed by atoms with Crippen molar-refractivity contribution in [1.29, 1.82) is 0 Å². The Labute approximate surface area is 113 Å². The van der Waals surface area contributed by atoms with Crippen LogP contribution in [0.3, 0.4) is 0 Å². The highest BCUT2D eigenvalue weighted by molar-refractivity contribution is 5.91. The quantitative estimate of drug-likeness (QED) is 0.750. The zero-order valence-corrected chi connectivity index (χ0v) is 10.7. The maximum Gasteiger partial charge on any atom is 0.420 e. The van der Waals surface area contributed by atoms with Crippen molar-refractivity contribution in [2.24, 2.45) is 0 Å². The van der Waals surface area contributed by atoms with Crippen molar-refractivity contribution in [3.63, 3.8) is 0 Å². The first-order chi connectivity index (χ1) is 9.65. The van der Waals surface area contributed by atoms with Gasteiger partial charge in [-0.3, -0.25) is 14.5 Å².